The Kier molecular flexibility index (Phi) is 4.17. The first-order chi connectivity index (χ1) is 9.10. The molecular weight excluding hydrogens is 243 g/mol. The van der Waals surface area contributed by atoms with E-state index in [4.69, 9.17) is 4.74 Å². The van der Waals surface area contributed by atoms with E-state index >= 15 is 0 Å². The molecule has 2 aromatic carbocycles. The molecule has 0 spiro atoms. The largest absolute Gasteiger partial charge is 0.497 e. The Morgan fingerprint density at radius 1 is 1.16 bits per heavy atom. The molecule has 1 atom stereocenters. The van der Waals surface area contributed by atoms with Gasteiger partial charge in [0.15, 0.2) is 0 Å². The lowest BCUT2D eigenvalue weighted by Gasteiger charge is -2.13. The summed E-state index contributed by atoms with van der Waals surface area (Å²) in [5, 5.41) is 10.2. The van der Waals surface area contributed by atoms with Crippen molar-refractivity contribution in [3.63, 3.8) is 0 Å². The number of halogens is 1. The molecule has 0 amide bonds. The van der Waals surface area contributed by atoms with Crippen LogP contribution in [0.15, 0.2) is 42.5 Å². The fourth-order valence-electron chi connectivity index (χ4n) is 2.01. The van der Waals surface area contributed by atoms with E-state index in [0.29, 0.717) is 6.42 Å². The maximum atomic E-state index is 13.2. The van der Waals surface area contributed by atoms with E-state index in [9.17, 15) is 9.50 Å². The van der Waals surface area contributed by atoms with Crippen LogP contribution in [-0.2, 0) is 6.42 Å². The fraction of sp³-hybridized carbons (Fsp3) is 0.250. The van der Waals surface area contributed by atoms with Crippen molar-refractivity contribution in [2.75, 3.05) is 7.11 Å². The smallest absolute Gasteiger partial charge is 0.123 e. The monoisotopic (exact) mass is 260 g/mol. The minimum atomic E-state index is -0.647. The molecule has 2 nitrogen and oxygen atoms in total. The van der Waals surface area contributed by atoms with E-state index in [2.05, 4.69) is 0 Å². The zero-order valence-electron chi connectivity index (χ0n) is 11.1. The number of aliphatic hydroxyl groups is 1. The minimum absolute atomic E-state index is 0.275. The van der Waals surface area contributed by atoms with Crippen molar-refractivity contribution in [1.82, 2.24) is 0 Å². The average molecular weight is 260 g/mol. The Morgan fingerprint density at radius 3 is 2.47 bits per heavy atom. The molecule has 2 rings (SSSR count). The lowest BCUT2D eigenvalue weighted by Crippen LogP contribution is -2.03. The third kappa shape index (κ3) is 3.32. The summed E-state index contributed by atoms with van der Waals surface area (Å²) >= 11 is 0. The number of ether oxygens (including phenoxy) is 1. The molecule has 0 aliphatic heterocycles. The van der Waals surface area contributed by atoms with Gasteiger partial charge in [0.2, 0.25) is 0 Å². The Bertz CT molecular complexity index is 549. The molecule has 1 N–H and O–H groups in total. The van der Waals surface area contributed by atoms with Crippen LogP contribution in [-0.4, -0.2) is 12.2 Å². The molecule has 0 saturated carbocycles. The SMILES string of the molecule is COc1ccc(C(O)Cc2cc(F)ccc2C)cc1. The molecule has 0 saturated heterocycles. The maximum absolute atomic E-state index is 13.2. The quantitative estimate of drug-likeness (QED) is 0.912. The van der Waals surface area contributed by atoms with Crippen molar-refractivity contribution >= 4 is 0 Å². The molecule has 19 heavy (non-hydrogen) atoms. The van der Waals surface area contributed by atoms with Gasteiger partial charge in [-0.2, -0.15) is 0 Å². The maximum Gasteiger partial charge on any atom is 0.123 e. The summed E-state index contributed by atoms with van der Waals surface area (Å²) in [7, 11) is 1.60. The number of hydrogen-bond donors (Lipinski definition) is 1. The molecule has 100 valence electrons. The highest BCUT2D eigenvalue weighted by molar-refractivity contribution is 5.32. The van der Waals surface area contributed by atoms with Gasteiger partial charge in [-0.3, -0.25) is 0 Å². The molecule has 0 aliphatic rings. The standard InChI is InChI=1S/C16H17FO2/c1-11-3-6-14(17)9-13(11)10-16(18)12-4-7-15(19-2)8-5-12/h3-9,16,18H,10H2,1-2H3. The summed E-state index contributed by atoms with van der Waals surface area (Å²) in [5.74, 6) is 0.473. The van der Waals surface area contributed by atoms with Crippen LogP contribution in [0, 0.1) is 12.7 Å². The third-order valence-corrected chi connectivity index (χ3v) is 3.23. The predicted octanol–water partition coefficient (Wildman–Crippen LogP) is 3.42. The number of benzene rings is 2. The van der Waals surface area contributed by atoms with Crippen molar-refractivity contribution in [2.45, 2.75) is 19.4 Å². The van der Waals surface area contributed by atoms with E-state index in [1.165, 1.54) is 12.1 Å². The summed E-state index contributed by atoms with van der Waals surface area (Å²) in [5.41, 5.74) is 2.60. The van der Waals surface area contributed by atoms with Crippen LogP contribution in [0.25, 0.3) is 0 Å². The molecular formula is C16H17FO2. The summed E-state index contributed by atoms with van der Waals surface area (Å²) in [6.07, 6.45) is -0.248. The van der Waals surface area contributed by atoms with Gasteiger partial charge >= 0.3 is 0 Å². The number of rotatable bonds is 4. The van der Waals surface area contributed by atoms with Crippen molar-refractivity contribution in [2.24, 2.45) is 0 Å². The zero-order valence-corrected chi connectivity index (χ0v) is 11.1. The first-order valence-electron chi connectivity index (χ1n) is 6.17. The first kappa shape index (κ1) is 13.6. The van der Waals surface area contributed by atoms with Crippen LogP contribution in [0.5, 0.6) is 5.75 Å². The molecule has 2 aromatic rings. The zero-order chi connectivity index (χ0) is 13.8. The highest BCUT2D eigenvalue weighted by atomic mass is 19.1. The number of aliphatic hydroxyl groups excluding tert-OH is 1. The Labute approximate surface area is 112 Å². The fourth-order valence-corrected chi connectivity index (χ4v) is 2.01. The van der Waals surface area contributed by atoms with Gasteiger partial charge in [0.05, 0.1) is 13.2 Å². The van der Waals surface area contributed by atoms with Gasteiger partial charge in [-0.05, 0) is 47.9 Å². The normalized spacial score (nSPS) is 12.2. The van der Waals surface area contributed by atoms with Gasteiger partial charge in [0.25, 0.3) is 0 Å². The second kappa shape index (κ2) is 5.85. The van der Waals surface area contributed by atoms with E-state index in [1.54, 1.807) is 25.3 Å². The van der Waals surface area contributed by atoms with E-state index in [1.807, 2.05) is 19.1 Å². The average Bonchev–Trinajstić information content (AvgIpc) is 2.43. The summed E-state index contributed by atoms with van der Waals surface area (Å²) in [4.78, 5) is 0. The Morgan fingerprint density at radius 2 is 1.84 bits per heavy atom. The summed E-state index contributed by atoms with van der Waals surface area (Å²) in [6.45, 7) is 1.91. The van der Waals surface area contributed by atoms with Crippen LogP contribution >= 0.6 is 0 Å². The summed E-state index contributed by atoms with van der Waals surface area (Å²) in [6, 6.07) is 11.9. The molecule has 3 heteroatoms. The van der Waals surface area contributed by atoms with Crippen molar-refractivity contribution in [1.29, 1.82) is 0 Å². The van der Waals surface area contributed by atoms with Crippen molar-refractivity contribution in [3.05, 3.63) is 65.0 Å². The topological polar surface area (TPSA) is 29.5 Å². The molecule has 0 aromatic heterocycles. The number of aryl methyl sites for hydroxylation is 1. The van der Waals surface area contributed by atoms with E-state index in [-0.39, 0.29) is 5.82 Å². The van der Waals surface area contributed by atoms with Gasteiger partial charge in [-0.15, -0.1) is 0 Å². The second-order valence-electron chi connectivity index (χ2n) is 4.56. The van der Waals surface area contributed by atoms with Crippen molar-refractivity contribution < 1.29 is 14.2 Å². The van der Waals surface area contributed by atoms with Crippen LogP contribution in [0.4, 0.5) is 4.39 Å². The molecule has 0 radical (unpaired) electrons. The van der Waals surface area contributed by atoms with Gasteiger partial charge in [0.1, 0.15) is 11.6 Å². The highest BCUT2D eigenvalue weighted by Gasteiger charge is 2.11. The van der Waals surface area contributed by atoms with Crippen LogP contribution in [0.2, 0.25) is 0 Å². The molecule has 1 unspecified atom stereocenters. The van der Waals surface area contributed by atoms with Crippen LogP contribution in [0.3, 0.4) is 0 Å². The van der Waals surface area contributed by atoms with Gasteiger partial charge in [-0.1, -0.05) is 18.2 Å². The lowest BCUT2D eigenvalue weighted by atomic mass is 9.98. The summed E-state index contributed by atoms with van der Waals surface area (Å²) < 4.78 is 18.3. The predicted molar refractivity (Wildman–Crippen MR) is 72.8 cm³/mol. The lowest BCUT2D eigenvalue weighted by molar-refractivity contribution is 0.178. The van der Waals surface area contributed by atoms with Gasteiger partial charge in [0, 0.05) is 6.42 Å². The Balaban J connectivity index is 2.15. The van der Waals surface area contributed by atoms with E-state index in [0.717, 1.165) is 22.4 Å². The van der Waals surface area contributed by atoms with Gasteiger partial charge < -0.3 is 9.84 Å². The van der Waals surface area contributed by atoms with Gasteiger partial charge in [-0.25, -0.2) is 4.39 Å². The molecule has 0 fully saturated rings. The molecule has 0 heterocycles. The highest BCUT2D eigenvalue weighted by Crippen LogP contribution is 2.23. The van der Waals surface area contributed by atoms with Crippen LogP contribution in [0.1, 0.15) is 22.8 Å². The molecule has 0 bridgehead atoms. The van der Waals surface area contributed by atoms with E-state index < -0.39 is 6.10 Å². The first-order valence-corrected chi connectivity index (χ1v) is 6.17. The van der Waals surface area contributed by atoms with Crippen LogP contribution < -0.4 is 4.74 Å². The number of hydrogen-bond acceptors (Lipinski definition) is 2. The molecule has 0 aliphatic carbocycles. The van der Waals surface area contributed by atoms with Crippen molar-refractivity contribution in [3.8, 4) is 5.75 Å². The second-order valence-corrected chi connectivity index (χ2v) is 4.56. The minimum Gasteiger partial charge on any atom is -0.497 e. The number of methoxy groups -OCH3 is 1. The third-order valence-electron chi connectivity index (χ3n) is 3.23. The Hall–Kier alpha value is -1.87.